The van der Waals surface area contributed by atoms with Gasteiger partial charge in [0, 0.05) is 9.92 Å². The van der Waals surface area contributed by atoms with Crippen LogP contribution in [0.3, 0.4) is 0 Å². The van der Waals surface area contributed by atoms with Crippen LogP contribution in [0.15, 0.2) is 46.2 Å². The van der Waals surface area contributed by atoms with Crippen molar-refractivity contribution < 1.29 is 24.5 Å². The van der Waals surface area contributed by atoms with Gasteiger partial charge in [-0.3, -0.25) is 0 Å². The van der Waals surface area contributed by atoms with E-state index in [1.165, 1.54) is 11.8 Å². The van der Waals surface area contributed by atoms with Crippen LogP contribution in [-0.4, -0.2) is 40.2 Å². The highest BCUT2D eigenvalue weighted by Gasteiger charge is 2.28. The number of phenolic OH excluding ortho intramolecular Hbond substituents is 1. The first-order valence-corrected chi connectivity index (χ1v) is 12.1. The van der Waals surface area contributed by atoms with Gasteiger partial charge in [0.25, 0.3) is 0 Å². The number of nitrogens with one attached hydrogen (secondary N) is 1. The van der Waals surface area contributed by atoms with Gasteiger partial charge in [0.15, 0.2) is 0 Å². The van der Waals surface area contributed by atoms with Crippen LogP contribution < -0.4 is 10.1 Å². The summed E-state index contributed by atoms with van der Waals surface area (Å²) in [5.41, 5.74) is -0.568. The smallest absolute Gasteiger partial charge is 0.408 e. The minimum absolute atomic E-state index is 0.0375. The largest absolute Gasteiger partial charge is 0.507 e. The van der Waals surface area contributed by atoms with Gasteiger partial charge in [-0.25, -0.2) is 4.79 Å². The molecule has 0 bridgehead atoms. The monoisotopic (exact) mass is 495 g/mol. The zero-order chi connectivity index (χ0) is 24.8. The van der Waals surface area contributed by atoms with Gasteiger partial charge >= 0.3 is 6.09 Å². The van der Waals surface area contributed by atoms with Crippen molar-refractivity contribution in [1.82, 2.24) is 5.32 Å². The summed E-state index contributed by atoms with van der Waals surface area (Å²) in [4.78, 5) is 13.7. The number of ether oxygens (including phenoxy) is 2. The fourth-order valence-corrected chi connectivity index (χ4v) is 4.24. The second kappa shape index (κ2) is 11.4. The van der Waals surface area contributed by atoms with E-state index in [2.05, 4.69) is 5.32 Å². The number of carbonyl (C=O) groups excluding carboxylic acids is 1. The third-order valence-electron chi connectivity index (χ3n) is 4.65. The van der Waals surface area contributed by atoms with E-state index in [-0.39, 0.29) is 18.5 Å². The van der Waals surface area contributed by atoms with Crippen molar-refractivity contribution in [1.29, 1.82) is 0 Å². The van der Waals surface area contributed by atoms with Crippen molar-refractivity contribution in [2.45, 2.75) is 81.4 Å². The van der Waals surface area contributed by atoms with Gasteiger partial charge in [-0.15, -0.1) is 0 Å². The average molecular weight is 496 g/mol. The van der Waals surface area contributed by atoms with Gasteiger partial charge in [0.2, 0.25) is 0 Å². The van der Waals surface area contributed by atoms with Gasteiger partial charge in [0.1, 0.15) is 17.1 Å². The fourth-order valence-electron chi connectivity index (χ4n) is 2.98. The highest BCUT2D eigenvalue weighted by Crippen LogP contribution is 2.38. The highest BCUT2D eigenvalue weighted by atomic mass is 35.5. The van der Waals surface area contributed by atoms with E-state index in [1.54, 1.807) is 45.9 Å². The van der Waals surface area contributed by atoms with Gasteiger partial charge in [-0.2, -0.15) is 0 Å². The number of carbonyl (C=O) groups is 1. The predicted molar refractivity (Wildman–Crippen MR) is 133 cm³/mol. The van der Waals surface area contributed by atoms with Crippen molar-refractivity contribution >= 4 is 29.5 Å². The van der Waals surface area contributed by atoms with Crippen LogP contribution in [0.4, 0.5) is 4.79 Å². The number of aliphatic hydroxyl groups excluding tert-OH is 1. The normalized spacial score (nSPS) is 13.5. The molecule has 2 rings (SSSR count). The molecular formula is C25H34ClNO5S. The number of aromatic hydroxyl groups is 1. The molecule has 2 aromatic carbocycles. The Bertz CT molecular complexity index is 960. The van der Waals surface area contributed by atoms with Crippen molar-refractivity contribution in [3.05, 3.63) is 47.0 Å². The molecule has 0 aromatic heterocycles. The molecule has 0 saturated carbocycles. The van der Waals surface area contributed by atoms with Crippen LogP contribution in [0.25, 0.3) is 0 Å². The van der Waals surface area contributed by atoms with E-state index in [9.17, 15) is 15.0 Å². The first-order chi connectivity index (χ1) is 15.3. The van der Waals surface area contributed by atoms with E-state index in [0.717, 1.165) is 10.5 Å². The number of alkyl carbamates (subject to hydrolysis) is 1. The maximum absolute atomic E-state index is 12.1. The molecule has 0 saturated heterocycles. The zero-order valence-corrected chi connectivity index (χ0v) is 21.6. The minimum atomic E-state index is -0.846. The van der Waals surface area contributed by atoms with Gasteiger partial charge in [-0.05, 0) is 90.3 Å². The Morgan fingerprint density at radius 3 is 2.42 bits per heavy atom. The van der Waals surface area contributed by atoms with Crippen molar-refractivity contribution in [3.8, 4) is 11.5 Å². The number of hydrogen-bond donors (Lipinski definition) is 3. The topological polar surface area (TPSA) is 88.0 Å². The maximum atomic E-state index is 12.1. The van der Waals surface area contributed by atoms with Crippen molar-refractivity contribution in [2.75, 3.05) is 6.61 Å². The van der Waals surface area contributed by atoms with Crippen molar-refractivity contribution in [2.24, 2.45) is 0 Å². The lowest BCUT2D eigenvalue weighted by molar-refractivity contribution is 0.0407. The molecule has 0 aliphatic carbocycles. The Morgan fingerprint density at radius 2 is 1.85 bits per heavy atom. The molecule has 0 aliphatic rings. The molecule has 0 aliphatic heterocycles. The summed E-state index contributed by atoms with van der Waals surface area (Å²) in [5, 5.41) is 23.4. The Kier molecular flexibility index (Phi) is 9.35. The lowest BCUT2D eigenvalue weighted by Crippen LogP contribution is -2.50. The molecule has 33 heavy (non-hydrogen) atoms. The molecule has 3 N–H and O–H groups in total. The Balaban J connectivity index is 2.06. The predicted octanol–water partition coefficient (Wildman–Crippen LogP) is 6.19. The van der Waals surface area contributed by atoms with Crippen LogP contribution in [-0.2, 0) is 11.2 Å². The second-order valence-electron chi connectivity index (χ2n) is 9.50. The number of aliphatic hydroxyl groups is 1. The maximum Gasteiger partial charge on any atom is 0.408 e. The molecule has 8 heteroatoms. The Labute approximate surface area is 205 Å². The Hall–Kier alpha value is -2.09. The average Bonchev–Trinajstić information content (AvgIpc) is 2.68. The quantitative estimate of drug-likeness (QED) is 0.384. The fraction of sp³-hybridized carbons (Fsp3) is 0.480. The Morgan fingerprint density at radius 1 is 1.15 bits per heavy atom. The molecular weight excluding hydrogens is 462 g/mol. The molecule has 1 unspecified atom stereocenters. The second-order valence-corrected chi connectivity index (χ2v) is 11.0. The van der Waals surface area contributed by atoms with Gasteiger partial charge < -0.3 is 25.0 Å². The lowest BCUT2D eigenvalue weighted by Gasteiger charge is -2.30. The summed E-state index contributed by atoms with van der Waals surface area (Å²) in [6, 6.07) is 10.8. The third-order valence-corrected chi connectivity index (χ3v) is 6.04. The third kappa shape index (κ3) is 8.99. The number of halogens is 1. The molecule has 182 valence electrons. The van der Waals surface area contributed by atoms with Crippen LogP contribution >= 0.6 is 23.4 Å². The summed E-state index contributed by atoms with van der Waals surface area (Å²) in [7, 11) is 0. The van der Waals surface area contributed by atoms with Gasteiger partial charge in [0.05, 0.1) is 23.1 Å². The molecule has 0 radical (unpaired) electrons. The summed E-state index contributed by atoms with van der Waals surface area (Å²) in [6.45, 7) is 10.8. The number of aryl methyl sites for hydroxylation is 1. The van der Waals surface area contributed by atoms with E-state index in [1.807, 2.05) is 32.0 Å². The first-order valence-electron chi connectivity index (χ1n) is 10.9. The van der Waals surface area contributed by atoms with E-state index in [0.29, 0.717) is 28.5 Å². The molecule has 0 spiro atoms. The number of benzene rings is 2. The molecule has 0 fully saturated rings. The van der Waals surface area contributed by atoms with E-state index in [4.69, 9.17) is 21.1 Å². The van der Waals surface area contributed by atoms with Crippen LogP contribution in [0.1, 0.15) is 53.5 Å². The van der Waals surface area contributed by atoms with E-state index < -0.39 is 17.2 Å². The molecule has 6 nitrogen and oxygen atoms in total. The lowest BCUT2D eigenvalue weighted by atomic mass is 9.94. The van der Waals surface area contributed by atoms with Crippen molar-refractivity contribution in [3.63, 3.8) is 0 Å². The summed E-state index contributed by atoms with van der Waals surface area (Å²) < 4.78 is 11.0. The number of amides is 1. The number of rotatable bonds is 9. The van der Waals surface area contributed by atoms with Crippen LogP contribution in [0, 0.1) is 0 Å². The number of phenols is 1. The highest BCUT2D eigenvalue weighted by molar-refractivity contribution is 7.99. The molecule has 1 amide bonds. The van der Waals surface area contributed by atoms with Crippen LogP contribution in [0.5, 0.6) is 11.5 Å². The summed E-state index contributed by atoms with van der Waals surface area (Å²) in [6.07, 6.45) is 0.500. The first kappa shape index (κ1) is 27.2. The van der Waals surface area contributed by atoms with E-state index >= 15 is 0 Å². The van der Waals surface area contributed by atoms with Crippen LogP contribution in [0.2, 0.25) is 5.02 Å². The summed E-state index contributed by atoms with van der Waals surface area (Å²) >= 11 is 7.92. The molecule has 1 atom stereocenters. The van der Waals surface area contributed by atoms with Gasteiger partial charge in [-0.1, -0.05) is 29.4 Å². The molecule has 0 heterocycles. The minimum Gasteiger partial charge on any atom is -0.507 e. The SMILES string of the molecule is CC(C)Oc1ccc(O)c(Sc2ccc(CCC(C)(CO)NC(=O)OC(C)(C)C)c(Cl)c2)c1. The molecule has 2 aromatic rings. The zero-order valence-electron chi connectivity index (χ0n) is 20.1. The number of hydrogen-bond acceptors (Lipinski definition) is 6. The standard InChI is InChI=1S/C25H34ClNO5S/c1-16(2)31-18-8-10-21(29)22(13-18)33-19-9-7-17(20(26)14-19)11-12-25(6,15-28)27-23(30)32-24(3,4)5/h7-10,13-14,16,28-29H,11-12,15H2,1-6H3,(H,27,30). The summed E-state index contributed by atoms with van der Waals surface area (Å²) in [5.74, 6) is 0.858.